The second-order valence-corrected chi connectivity index (χ2v) is 6.51. The summed E-state index contributed by atoms with van der Waals surface area (Å²) in [5, 5.41) is 4.37. The van der Waals surface area contributed by atoms with Crippen molar-refractivity contribution in [3.63, 3.8) is 0 Å². The third kappa shape index (κ3) is 2.53. The third-order valence-corrected chi connectivity index (χ3v) is 4.10. The second kappa shape index (κ2) is 4.89. The summed E-state index contributed by atoms with van der Waals surface area (Å²) >= 11 is 0. The predicted octanol–water partition coefficient (Wildman–Crippen LogP) is 3.03. The van der Waals surface area contributed by atoms with E-state index in [2.05, 4.69) is 24.4 Å². The van der Waals surface area contributed by atoms with Crippen LogP contribution in [0.2, 0.25) is 0 Å². The minimum Gasteiger partial charge on any atom is -0.306 e. The molecular weight excluding hydrogens is 248 g/mol. The third-order valence-electron chi connectivity index (χ3n) is 4.10. The zero-order valence-corrected chi connectivity index (χ0v) is 12.0. The highest BCUT2D eigenvalue weighted by atomic mass is 16.1. The zero-order valence-electron chi connectivity index (χ0n) is 12.0. The Morgan fingerprint density at radius 2 is 2.00 bits per heavy atom. The molecule has 1 aromatic rings. The molecule has 1 aliphatic carbocycles. The van der Waals surface area contributed by atoms with Gasteiger partial charge in [0.1, 0.15) is 5.78 Å². The number of Topliss-reactive ketones (excluding diaryl/α,β-unsaturated/α-hetero) is 1. The van der Waals surface area contributed by atoms with Gasteiger partial charge in [0.25, 0.3) is 0 Å². The summed E-state index contributed by atoms with van der Waals surface area (Å²) in [6.07, 6.45) is 5.64. The molecule has 0 radical (unpaired) electrons. The number of rotatable bonds is 2. The van der Waals surface area contributed by atoms with Crippen molar-refractivity contribution >= 4 is 17.6 Å². The van der Waals surface area contributed by atoms with Crippen LogP contribution in [-0.2, 0) is 4.79 Å². The zero-order chi connectivity index (χ0) is 14.2. The van der Waals surface area contributed by atoms with Crippen molar-refractivity contribution < 1.29 is 4.79 Å². The number of benzene rings is 1. The number of hydrogen-bond donors (Lipinski definition) is 1. The predicted molar refractivity (Wildman–Crippen MR) is 81.3 cm³/mol. The molecule has 1 saturated carbocycles. The SMILES string of the molecule is CC1(C)CC(=O)[C@H]2C(/C=C/c3ccccc3)=NN[C@@H]2C1. The average Bonchev–Trinajstić information content (AvgIpc) is 2.79. The Labute approximate surface area is 119 Å². The van der Waals surface area contributed by atoms with Gasteiger partial charge in [-0.1, -0.05) is 50.3 Å². The van der Waals surface area contributed by atoms with E-state index in [-0.39, 0.29) is 17.4 Å². The molecule has 3 rings (SSSR count). The first-order valence-electron chi connectivity index (χ1n) is 7.14. The van der Waals surface area contributed by atoms with Gasteiger partial charge >= 0.3 is 0 Å². The highest BCUT2D eigenvalue weighted by Gasteiger charge is 2.45. The molecule has 1 heterocycles. The molecule has 0 spiro atoms. The minimum atomic E-state index is -0.0667. The van der Waals surface area contributed by atoms with E-state index in [1.54, 1.807) is 0 Å². The van der Waals surface area contributed by atoms with E-state index in [9.17, 15) is 4.79 Å². The van der Waals surface area contributed by atoms with E-state index in [1.165, 1.54) is 0 Å². The summed E-state index contributed by atoms with van der Waals surface area (Å²) in [5.74, 6) is 0.246. The second-order valence-electron chi connectivity index (χ2n) is 6.51. The van der Waals surface area contributed by atoms with E-state index < -0.39 is 0 Å². The van der Waals surface area contributed by atoms with Crippen LogP contribution in [0.5, 0.6) is 0 Å². The van der Waals surface area contributed by atoms with Gasteiger partial charge in [-0.2, -0.15) is 5.10 Å². The molecule has 0 unspecified atom stereocenters. The van der Waals surface area contributed by atoms with Crippen LogP contribution in [0.15, 0.2) is 41.5 Å². The lowest BCUT2D eigenvalue weighted by atomic mass is 9.69. The number of hydrogen-bond acceptors (Lipinski definition) is 3. The van der Waals surface area contributed by atoms with Crippen LogP contribution in [0, 0.1) is 11.3 Å². The van der Waals surface area contributed by atoms with E-state index in [1.807, 2.05) is 42.5 Å². The van der Waals surface area contributed by atoms with Gasteiger partial charge in [0.15, 0.2) is 0 Å². The maximum absolute atomic E-state index is 12.4. The fourth-order valence-corrected chi connectivity index (χ4v) is 3.20. The number of carbonyl (C=O) groups excluding carboxylic acids is 1. The van der Waals surface area contributed by atoms with Gasteiger partial charge in [0.2, 0.25) is 0 Å². The minimum absolute atomic E-state index is 0.0667. The fraction of sp³-hybridized carbons (Fsp3) is 0.412. The summed E-state index contributed by atoms with van der Waals surface area (Å²) in [6.45, 7) is 4.31. The molecule has 1 aliphatic heterocycles. The van der Waals surface area contributed by atoms with Crippen molar-refractivity contribution in [2.24, 2.45) is 16.4 Å². The molecule has 20 heavy (non-hydrogen) atoms. The molecular formula is C17H20N2O. The largest absolute Gasteiger partial charge is 0.306 e. The van der Waals surface area contributed by atoms with Crippen LogP contribution in [0.4, 0.5) is 0 Å². The topological polar surface area (TPSA) is 41.5 Å². The molecule has 2 aliphatic rings. The van der Waals surface area contributed by atoms with Gasteiger partial charge in [0.05, 0.1) is 17.7 Å². The molecule has 1 aromatic carbocycles. The van der Waals surface area contributed by atoms with Gasteiger partial charge in [0, 0.05) is 6.42 Å². The highest BCUT2D eigenvalue weighted by Crippen LogP contribution is 2.38. The van der Waals surface area contributed by atoms with Crippen molar-refractivity contribution in [3.8, 4) is 0 Å². The molecule has 3 nitrogen and oxygen atoms in total. The molecule has 3 heteroatoms. The highest BCUT2D eigenvalue weighted by molar-refractivity contribution is 6.13. The molecule has 104 valence electrons. The summed E-state index contributed by atoms with van der Waals surface area (Å²) in [6, 6.07) is 10.3. The standard InChI is InChI=1S/C17H20N2O/c1-17(2)10-14-16(15(20)11-17)13(18-19-14)9-8-12-6-4-3-5-7-12/h3-9,14,16,19H,10-11H2,1-2H3/b9-8+/t14-,16+/m1/s1. The average molecular weight is 268 g/mol. The van der Waals surface area contributed by atoms with Crippen molar-refractivity contribution in [1.29, 1.82) is 0 Å². The van der Waals surface area contributed by atoms with Gasteiger partial charge in [-0.05, 0) is 23.5 Å². The number of allylic oxidation sites excluding steroid dienone is 1. The molecule has 0 saturated heterocycles. The molecule has 2 atom stereocenters. The fourth-order valence-electron chi connectivity index (χ4n) is 3.20. The number of carbonyl (C=O) groups is 1. The Bertz CT molecular complexity index is 572. The van der Waals surface area contributed by atoms with Crippen LogP contribution >= 0.6 is 0 Å². The smallest absolute Gasteiger partial charge is 0.144 e. The summed E-state index contributed by atoms with van der Waals surface area (Å²) in [5.41, 5.74) is 5.23. The van der Waals surface area contributed by atoms with Gasteiger partial charge in [-0.25, -0.2) is 0 Å². The quantitative estimate of drug-likeness (QED) is 0.895. The Kier molecular flexibility index (Phi) is 3.20. The summed E-state index contributed by atoms with van der Waals surface area (Å²) in [4.78, 5) is 12.4. The number of hydrazone groups is 1. The van der Waals surface area contributed by atoms with E-state index >= 15 is 0 Å². The normalized spacial score (nSPS) is 28.1. The first-order valence-corrected chi connectivity index (χ1v) is 7.14. The Hall–Kier alpha value is -1.90. The monoisotopic (exact) mass is 268 g/mol. The van der Waals surface area contributed by atoms with Crippen molar-refractivity contribution in [1.82, 2.24) is 5.43 Å². The molecule has 1 fully saturated rings. The van der Waals surface area contributed by atoms with Crippen LogP contribution in [0.3, 0.4) is 0 Å². The maximum atomic E-state index is 12.4. The van der Waals surface area contributed by atoms with Crippen LogP contribution in [0.1, 0.15) is 32.3 Å². The van der Waals surface area contributed by atoms with Crippen LogP contribution in [-0.4, -0.2) is 17.5 Å². The van der Waals surface area contributed by atoms with Gasteiger partial charge in [-0.3, -0.25) is 4.79 Å². The van der Waals surface area contributed by atoms with Crippen molar-refractivity contribution in [2.45, 2.75) is 32.7 Å². The number of fused-ring (bicyclic) bond motifs is 1. The summed E-state index contributed by atoms with van der Waals surface area (Å²) < 4.78 is 0. The lowest BCUT2D eigenvalue weighted by molar-refractivity contribution is -0.126. The lowest BCUT2D eigenvalue weighted by Gasteiger charge is -2.35. The van der Waals surface area contributed by atoms with Crippen LogP contribution in [0.25, 0.3) is 6.08 Å². The van der Waals surface area contributed by atoms with Gasteiger partial charge < -0.3 is 5.43 Å². The number of nitrogens with zero attached hydrogens (tertiary/aromatic N) is 1. The first kappa shape index (κ1) is 13.1. The van der Waals surface area contributed by atoms with E-state index in [0.717, 1.165) is 17.7 Å². The number of nitrogens with one attached hydrogen (secondary N) is 1. The molecule has 0 aromatic heterocycles. The molecule has 0 amide bonds. The van der Waals surface area contributed by atoms with E-state index in [4.69, 9.17) is 0 Å². The van der Waals surface area contributed by atoms with Crippen molar-refractivity contribution in [3.05, 3.63) is 42.0 Å². The Balaban J connectivity index is 1.77. The molecule has 1 N–H and O–H groups in total. The Morgan fingerprint density at radius 1 is 1.25 bits per heavy atom. The number of ketones is 1. The van der Waals surface area contributed by atoms with Crippen molar-refractivity contribution in [2.75, 3.05) is 0 Å². The first-order chi connectivity index (χ1) is 9.55. The Morgan fingerprint density at radius 3 is 2.75 bits per heavy atom. The maximum Gasteiger partial charge on any atom is 0.144 e. The van der Waals surface area contributed by atoms with Crippen LogP contribution < -0.4 is 5.43 Å². The van der Waals surface area contributed by atoms with Gasteiger partial charge in [-0.15, -0.1) is 0 Å². The molecule has 0 bridgehead atoms. The lowest BCUT2D eigenvalue weighted by Crippen LogP contribution is -2.45. The van der Waals surface area contributed by atoms with E-state index in [0.29, 0.717) is 12.2 Å². The summed E-state index contributed by atoms with van der Waals surface area (Å²) in [7, 11) is 0.